The van der Waals surface area contributed by atoms with Crippen molar-refractivity contribution in [1.82, 2.24) is 0 Å². The standard InChI is InChI=1S/C15H18N2O4S/c1-4-5-9(20-7-6-19-3)13-8(2)11-14(22-13)10(16)12(21-11)15(17)18/h4-5H,1,6-7,16H2,2-3H3,(H2,17,18)/b9-5+. The van der Waals surface area contributed by atoms with Crippen LogP contribution in [0.4, 0.5) is 5.69 Å². The van der Waals surface area contributed by atoms with E-state index in [-0.39, 0.29) is 11.4 Å². The van der Waals surface area contributed by atoms with Crippen molar-refractivity contribution in [2.45, 2.75) is 6.92 Å². The third-order valence-corrected chi connectivity index (χ3v) is 4.37. The Labute approximate surface area is 132 Å². The topological polar surface area (TPSA) is 101 Å². The largest absolute Gasteiger partial charge is 0.490 e. The molecule has 6 nitrogen and oxygen atoms in total. The zero-order chi connectivity index (χ0) is 16.3. The summed E-state index contributed by atoms with van der Waals surface area (Å²) in [5.41, 5.74) is 12.8. The minimum absolute atomic E-state index is 0.00884. The molecular formula is C15H18N2O4S. The van der Waals surface area contributed by atoms with Crippen LogP contribution in [0, 0.1) is 6.92 Å². The molecule has 0 spiro atoms. The highest BCUT2D eigenvalue weighted by Crippen LogP contribution is 2.41. The molecule has 0 saturated carbocycles. The molecule has 2 aromatic heterocycles. The molecule has 118 valence electrons. The molecule has 0 atom stereocenters. The van der Waals surface area contributed by atoms with E-state index in [0.717, 1.165) is 10.4 Å². The van der Waals surface area contributed by atoms with Gasteiger partial charge in [-0.15, -0.1) is 11.3 Å². The number of hydrogen-bond acceptors (Lipinski definition) is 6. The number of nitrogens with two attached hydrogens (primary N) is 2. The molecule has 2 rings (SSSR count). The van der Waals surface area contributed by atoms with Crippen LogP contribution in [-0.4, -0.2) is 26.2 Å². The van der Waals surface area contributed by atoms with Crippen molar-refractivity contribution in [3.63, 3.8) is 0 Å². The fourth-order valence-corrected chi connectivity index (χ4v) is 3.18. The first-order valence-electron chi connectivity index (χ1n) is 6.57. The van der Waals surface area contributed by atoms with E-state index < -0.39 is 5.91 Å². The van der Waals surface area contributed by atoms with Crippen molar-refractivity contribution >= 4 is 39.0 Å². The van der Waals surface area contributed by atoms with E-state index in [1.165, 1.54) is 11.3 Å². The lowest BCUT2D eigenvalue weighted by Gasteiger charge is -2.09. The first kappa shape index (κ1) is 16.1. The molecular weight excluding hydrogens is 304 g/mol. The van der Waals surface area contributed by atoms with E-state index in [1.54, 1.807) is 19.3 Å². The van der Waals surface area contributed by atoms with Gasteiger partial charge in [0, 0.05) is 12.7 Å². The van der Waals surface area contributed by atoms with Crippen LogP contribution < -0.4 is 11.5 Å². The summed E-state index contributed by atoms with van der Waals surface area (Å²) in [5.74, 6) is -0.0357. The fourth-order valence-electron chi connectivity index (χ4n) is 2.01. The minimum atomic E-state index is -0.681. The van der Waals surface area contributed by atoms with Crippen LogP contribution in [0.25, 0.3) is 16.0 Å². The lowest BCUT2D eigenvalue weighted by atomic mass is 10.2. The lowest BCUT2D eigenvalue weighted by Crippen LogP contribution is -2.11. The number of furan rings is 1. The molecule has 0 aliphatic heterocycles. The molecule has 22 heavy (non-hydrogen) atoms. The molecule has 7 heteroatoms. The second kappa shape index (κ2) is 6.67. The smallest absolute Gasteiger partial charge is 0.286 e. The lowest BCUT2D eigenvalue weighted by molar-refractivity contribution is 0.0977. The van der Waals surface area contributed by atoms with Gasteiger partial charge in [0.05, 0.1) is 16.2 Å². The maximum absolute atomic E-state index is 11.3. The highest BCUT2D eigenvalue weighted by molar-refractivity contribution is 7.20. The third-order valence-electron chi connectivity index (χ3n) is 3.05. The van der Waals surface area contributed by atoms with Crippen LogP contribution in [0.3, 0.4) is 0 Å². The van der Waals surface area contributed by atoms with Crippen molar-refractivity contribution in [1.29, 1.82) is 0 Å². The van der Waals surface area contributed by atoms with Gasteiger partial charge in [-0.2, -0.15) is 0 Å². The Morgan fingerprint density at radius 2 is 2.18 bits per heavy atom. The number of carbonyl (C=O) groups excluding carboxylic acids is 1. The van der Waals surface area contributed by atoms with E-state index in [4.69, 9.17) is 25.4 Å². The van der Waals surface area contributed by atoms with Crippen molar-refractivity contribution < 1.29 is 18.7 Å². The predicted molar refractivity (Wildman–Crippen MR) is 87.8 cm³/mol. The summed E-state index contributed by atoms with van der Waals surface area (Å²) in [5, 5.41) is 0. The normalized spacial score (nSPS) is 11.8. The molecule has 4 N–H and O–H groups in total. The number of methoxy groups -OCH3 is 1. The Hall–Kier alpha value is -2.25. The Morgan fingerprint density at radius 1 is 1.45 bits per heavy atom. The second-order valence-electron chi connectivity index (χ2n) is 4.53. The third kappa shape index (κ3) is 2.86. The van der Waals surface area contributed by atoms with Gasteiger partial charge in [0.2, 0.25) is 5.76 Å². The molecule has 0 aromatic carbocycles. The molecule has 0 fully saturated rings. The van der Waals surface area contributed by atoms with Gasteiger partial charge in [-0.3, -0.25) is 4.79 Å². The summed E-state index contributed by atoms with van der Waals surface area (Å²) in [4.78, 5) is 12.2. The zero-order valence-electron chi connectivity index (χ0n) is 12.5. The number of ether oxygens (including phenoxy) is 2. The van der Waals surface area contributed by atoms with Crippen molar-refractivity contribution in [2.75, 3.05) is 26.1 Å². The average molecular weight is 322 g/mol. The summed E-state index contributed by atoms with van der Waals surface area (Å²) < 4.78 is 16.9. The van der Waals surface area contributed by atoms with Crippen molar-refractivity contribution in [3.8, 4) is 0 Å². The molecule has 0 bridgehead atoms. The van der Waals surface area contributed by atoms with Gasteiger partial charge in [0.1, 0.15) is 18.1 Å². The van der Waals surface area contributed by atoms with Crippen LogP contribution >= 0.6 is 11.3 Å². The molecule has 2 heterocycles. The maximum atomic E-state index is 11.3. The van der Waals surface area contributed by atoms with E-state index in [0.29, 0.717) is 29.3 Å². The highest BCUT2D eigenvalue weighted by Gasteiger charge is 2.23. The Morgan fingerprint density at radius 3 is 2.73 bits per heavy atom. The number of aryl methyl sites for hydroxylation is 1. The SMILES string of the molecule is C=C/C=C(/OCCOC)c1sc2c(N)c(C(N)=O)oc2c1C. The number of nitrogen functional groups attached to an aromatic ring is 1. The minimum Gasteiger partial charge on any atom is -0.490 e. The number of primary amides is 1. The van der Waals surface area contributed by atoms with E-state index in [9.17, 15) is 4.79 Å². The van der Waals surface area contributed by atoms with Crippen molar-refractivity contribution in [2.24, 2.45) is 5.73 Å². The van der Waals surface area contributed by atoms with Gasteiger partial charge >= 0.3 is 0 Å². The molecule has 1 amide bonds. The predicted octanol–water partition coefficient (Wildman–Crippen LogP) is 2.67. The number of allylic oxidation sites excluding steroid dienone is 2. The van der Waals surface area contributed by atoms with Crippen molar-refractivity contribution in [3.05, 3.63) is 34.9 Å². The Balaban J connectivity index is 2.46. The number of fused-ring (bicyclic) bond motifs is 1. The van der Waals surface area contributed by atoms with E-state index in [2.05, 4.69) is 6.58 Å². The Kier molecular flexibility index (Phi) is 4.89. The summed E-state index contributed by atoms with van der Waals surface area (Å²) in [7, 11) is 1.61. The van der Waals surface area contributed by atoms with Crippen LogP contribution in [-0.2, 0) is 9.47 Å². The van der Waals surface area contributed by atoms with Gasteiger partial charge in [-0.25, -0.2) is 0 Å². The van der Waals surface area contributed by atoms with E-state index >= 15 is 0 Å². The Bertz CT molecular complexity index is 742. The van der Waals surface area contributed by atoms with Gasteiger partial charge < -0.3 is 25.4 Å². The summed E-state index contributed by atoms with van der Waals surface area (Å²) in [6.07, 6.45) is 3.40. The van der Waals surface area contributed by atoms with Gasteiger partial charge in [-0.05, 0) is 13.0 Å². The van der Waals surface area contributed by atoms with E-state index in [1.807, 2.05) is 6.92 Å². The number of carbonyl (C=O) groups is 1. The monoisotopic (exact) mass is 322 g/mol. The van der Waals surface area contributed by atoms with Gasteiger partial charge in [0.25, 0.3) is 5.91 Å². The molecule has 0 aliphatic carbocycles. The number of thiophene rings is 1. The molecule has 0 unspecified atom stereocenters. The van der Waals surface area contributed by atoms with Crippen LogP contribution in [0.1, 0.15) is 21.0 Å². The first-order chi connectivity index (χ1) is 10.5. The zero-order valence-corrected chi connectivity index (χ0v) is 13.3. The second-order valence-corrected chi connectivity index (χ2v) is 5.55. The van der Waals surface area contributed by atoms with Crippen LogP contribution in [0.2, 0.25) is 0 Å². The maximum Gasteiger partial charge on any atom is 0.286 e. The number of rotatable bonds is 7. The summed E-state index contributed by atoms with van der Waals surface area (Å²) in [6.45, 7) is 6.45. The summed E-state index contributed by atoms with van der Waals surface area (Å²) >= 11 is 1.39. The van der Waals surface area contributed by atoms with Crippen LogP contribution in [0.15, 0.2) is 23.1 Å². The molecule has 0 radical (unpaired) electrons. The van der Waals surface area contributed by atoms with Gasteiger partial charge in [-0.1, -0.05) is 12.7 Å². The molecule has 0 saturated heterocycles. The van der Waals surface area contributed by atoms with Gasteiger partial charge in [0.15, 0.2) is 5.58 Å². The molecule has 2 aromatic rings. The summed E-state index contributed by atoms with van der Waals surface area (Å²) in [6, 6.07) is 0. The highest BCUT2D eigenvalue weighted by atomic mass is 32.1. The number of hydrogen-bond donors (Lipinski definition) is 2. The number of anilines is 1. The average Bonchev–Trinajstić information content (AvgIpc) is 2.97. The fraction of sp³-hybridized carbons (Fsp3) is 0.267. The quantitative estimate of drug-likeness (QED) is 0.463. The first-order valence-corrected chi connectivity index (χ1v) is 7.38. The number of amides is 1. The molecule has 0 aliphatic rings. The van der Waals surface area contributed by atoms with Crippen LogP contribution in [0.5, 0.6) is 0 Å².